The number of hydrogen-bond donors (Lipinski definition) is 1. The minimum atomic E-state index is -4.49. The van der Waals surface area contributed by atoms with Crippen molar-refractivity contribution < 1.29 is 18.0 Å². The van der Waals surface area contributed by atoms with E-state index in [1.165, 1.54) is 12.1 Å². The third-order valence-electron chi connectivity index (χ3n) is 7.31. The molecule has 1 aliphatic heterocycles. The third-order valence-corrected chi connectivity index (χ3v) is 8.49. The summed E-state index contributed by atoms with van der Waals surface area (Å²) in [5.41, 5.74) is 4.15. The first kappa shape index (κ1) is 28.9. The van der Waals surface area contributed by atoms with Crippen molar-refractivity contribution in [2.75, 3.05) is 23.3 Å². The summed E-state index contributed by atoms with van der Waals surface area (Å²) >= 11 is 7.64. The second-order valence-corrected chi connectivity index (χ2v) is 11.5. The number of anilines is 2. The van der Waals surface area contributed by atoms with Crippen molar-refractivity contribution in [2.45, 2.75) is 25.6 Å². The maximum absolute atomic E-state index is 13.7. The lowest BCUT2D eigenvalue weighted by atomic mass is 9.99. The number of nitrogens with one attached hydrogen (secondary N) is 1. The molecule has 0 fully saturated rings. The largest absolute Gasteiger partial charge is 0.416 e. The van der Waals surface area contributed by atoms with Crippen molar-refractivity contribution in [3.8, 4) is 21.7 Å². The van der Waals surface area contributed by atoms with Crippen molar-refractivity contribution in [2.24, 2.45) is 0 Å². The van der Waals surface area contributed by atoms with Gasteiger partial charge in [0.15, 0.2) is 5.78 Å². The summed E-state index contributed by atoms with van der Waals surface area (Å²) in [6, 6.07) is 22.8. The van der Waals surface area contributed by atoms with E-state index in [1.807, 2.05) is 64.9 Å². The third kappa shape index (κ3) is 6.58. The smallest absolute Gasteiger partial charge is 0.367 e. The zero-order valence-electron chi connectivity index (χ0n) is 22.9. The fraction of sp³-hybridized carbons (Fsp3) is 0.182. The highest BCUT2D eigenvalue weighted by Crippen LogP contribution is 2.37. The van der Waals surface area contributed by atoms with Crippen LogP contribution in [0.25, 0.3) is 21.7 Å². The van der Waals surface area contributed by atoms with Crippen LogP contribution in [0.15, 0.2) is 90.4 Å². The van der Waals surface area contributed by atoms with E-state index in [2.05, 4.69) is 10.3 Å². The number of fused-ring (bicyclic) bond motifs is 1. The number of pyridine rings is 1. The van der Waals surface area contributed by atoms with Gasteiger partial charge in [-0.1, -0.05) is 60.1 Å². The van der Waals surface area contributed by atoms with Crippen LogP contribution in [-0.4, -0.2) is 28.8 Å². The molecule has 3 heterocycles. The molecule has 2 aromatic heterocycles. The summed E-state index contributed by atoms with van der Waals surface area (Å²) in [4.78, 5) is 24.3. The number of ketones is 1. The molecular formula is C33H26ClF3N4OS. The van der Waals surface area contributed by atoms with Gasteiger partial charge in [-0.3, -0.25) is 4.79 Å². The topological polar surface area (TPSA) is 58.1 Å². The average Bonchev–Trinajstić information content (AvgIpc) is 3.49. The van der Waals surface area contributed by atoms with Gasteiger partial charge in [0.05, 0.1) is 16.9 Å². The molecule has 0 bridgehead atoms. The van der Waals surface area contributed by atoms with Gasteiger partial charge in [0, 0.05) is 59.3 Å². The highest BCUT2D eigenvalue weighted by Gasteiger charge is 2.34. The Morgan fingerprint density at radius 1 is 0.977 bits per heavy atom. The lowest BCUT2D eigenvalue weighted by Gasteiger charge is -2.32. The number of nitrogens with zero attached hydrogens (tertiary/aromatic N) is 3. The van der Waals surface area contributed by atoms with Crippen molar-refractivity contribution in [3.05, 3.63) is 118 Å². The minimum absolute atomic E-state index is 0.00552. The molecule has 0 spiro atoms. The molecule has 5 aromatic rings. The summed E-state index contributed by atoms with van der Waals surface area (Å²) in [5.74, 6) is 0.599. The number of thiazole rings is 1. The van der Waals surface area contributed by atoms with Crippen molar-refractivity contribution >= 4 is 40.2 Å². The molecule has 10 heteroatoms. The molecule has 0 amide bonds. The molecule has 3 aromatic carbocycles. The van der Waals surface area contributed by atoms with E-state index in [4.69, 9.17) is 16.6 Å². The number of hydrogen-bond acceptors (Lipinski definition) is 6. The Bertz CT molecular complexity index is 1770. The molecule has 0 aliphatic carbocycles. The van der Waals surface area contributed by atoms with Gasteiger partial charge in [-0.2, -0.15) is 13.2 Å². The fourth-order valence-electron chi connectivity index (χ4n) is 5.15. The molecule has 0 radical (unpaired) electrons. The number of rotatable bonds is 8. The molecule has 6 rings (SSSR count). The molecule has 0 saturated heterocycles. The van der Waals surface area contributed by atoms with Crippen LogP contribution in [0.2, 0.25) is 5.02 Å². The molecule has 5 nitrogen and oxygen atoms in total. The summed E-state index contributed by atoms with van der Waals surface area (Å²) in [6.07, 6.45) is -1.92. The van der Waals surface area contributed by atoms with Gasteiger partial charge in [0.2, 0.25) is 0 Å². The average molecular weight is 619 g/mol. The number of carbonyl (C=O) groups is 1. The van der Waals surface area contributed by atoms with Gasteiger partial charge < -0.3 is 10.2 Å². The van der Waals surface area contributed by atoms with Gasteiger partial charge in [-0.05, 0) is 47.9 Å². The predicted octanol–water partition coefficient (Wildman–Crippen LogP) is 8.79. The first-order valence-corrected chi connectivity index (χ1v) is 15.0. The lowest BCUT2D eigenvalue weighted by molar-refractivity contribution is -0.138. The van der Waals surface area contributed by atoms with Crippen molar-refractivity contribution in [1.82, 2.24) is 9.97 Å². The summed E-state index contributed by atoms with van der Waals surface area (Å²) < 4.78 is 41.2. The van der Waals surface area contributed by atoms with Crippen LogP contribution in [0.4, 0.5) is 24.7 Å². The van der Waals surface area contributed by atoms with E-state index in [0.29, 0.717) is 43.0 Å². The number of aromatic nitrogens is 2. The molecule has 0 saturated carbocycles. The standard InChI is InChI=1S/C33H26ClF3N4OS/c34-26-9-11-28(33(35,36)37)25(16-26)19-41-14-13-38-31-29(41)17-24(18-39-31)22-7-4-8-23(15-22)30(42)12-10-27-20-43-32(40-27)21-5-2-1-3-6-21/h1-9,11,15-18,20H,10,12-14,19H2,(H,38,39). The maximum Gasteiger partial charge on any atom is 0.416 e. The quantitative estimate of drug-likeness (QED) is 0.176. The normalized spacial score (nSPS) is 13.0. The Morgan fingerprint density at radius 2 is 1.79 bits per heavy atom. The maximum atomic E-state index is 13.7. The SMILES string of the molecule is O=C(CCc1csc(-c2ccccc2)n1)c1cccc(-c2cnc3c(c2)N(Cc2cc(Cl)ccc2C(F)(F)F)CCN3)c1. The number of aryl methyl sites for hydroxylation is 1. The lowest BCUT2D eigenvalue weighted by Crippen LogP contribution is -2.34. The van der Waals surface area contributed by atoms with Gasteiger partial charge in [0.1, 0.15) is 10.8 Å². The Kier molecular flexibility index (Phi) is 8.19. The Hall–Kier alpha value is -4.21. The number of benzene rings is 3. The van der Waals surface area contributed by atoms with Crippen LogP contribution < -0.4 is 10.2 Å². The van der Waals surface area contributed by atoms with Crippen LogP contribution in [0, 0.1) is 0 Å². The number of halogens is 4. The minimum Gasteiger partial charge on any atom is -0.367 e. The highest BCUT2D eigenvalue weighted by molar-refractivity contribution is 7.13. The summed E-state index contributed by atoms with van der Waals surface area (Å²) in [7, 11) is 0. The van der Waals surface area contributed by atoms with Gasteiger partial charge in [-0.15, -0.1) is 11.3 Å². The van der Waals surface area contributed by atoms with Crippen LogP contribution in [0.5, 0.6) is 0 Å². The second-order valence-electron chi connectivity index (χ2n) is 10.3. The molecule has 0 unspecified atom stereocenters. The van der Waals surface area contributed by atoms with E-state index in [1.54, 1.807) is 23.6 Å². The van der Waals surface area contributed by atoms with Crippen LogP contribution >= 0.6 is 22.9 Å². The number of Topliss-reactive ketones (excluding diaryl/α,β-unsaturated/α-hetero) is 1. The van der Waals surface area contributed by atoms with Crippen molar-refractivity contribution in [3.63, 3.8) is 0 Å². The Labute approximate surface area is 256 Å². The molecular weight excluding hydrogens is 593 g/mol. The zero-order valence-corrected chi connectivity index (χ0v) is 24.4. The van der Waals surface area contributed by atoms with Crippen LogP contribution in [0.1, 0.15) is 33.6 Å². The highest BCUT2D eigenvalue weighted by atomic mass is 35.5. The molecule has 1 N–H and O–H groups in total. The first-order chi connectivity index (χ1) is 20.7. The Balaban J connectivity index is 1.20. The molecule has 0 atom stereocenters. The predicted molar refractivity (Wildman–Crippen MR) is 166 cm³/mol. The first-order valence-electron chi connectivity index (χ1n) is 13.7. The van der Waals surface area contributed by atoms with E-state index >= 15 is 0 Å². The van der Waals surface area contributed by atoms with Crippen LogP contribution in [-0.2, 0) is 19.1 Å². The molecule has 1 aliphatic rings. The van der Waals surface area contributed by atoms with Crippen molar-refractivity contribution in [1.29, 1.82) is 0 Å². The van der Waals surface area contributed by atoms with E-state index in [9.17, 15) is 18.0 Å². The number of alkyl halides is 3. The summed E-state index contributed by atoms with van der Waals surface area (Å²) in [6.45, 7) is 1.05. The fourth-order valence-corrected chi connectivity index (χ4v) is 6.21. The van der Waals surface area contributed by atoms with E-state index in [-0.39, 0.29) is 22.9 Å². The van der Waals surface area contributed by atoms with Crippen LogP contribution in [0.3, 0.4) is 0 Å². The monoisotopic (exact) mass is 618 g/mol. The molecule has 43 heavy (non-hydrogen) atoms. The van der Waals surface area contributed by atoms with E-state index in [0.717, 1.165) is 33.5 Å². The Morgan fingerprint density at radius 3 is 2.60 bits per heavy atom. The second kappa shape index (κ2) is 12.2. The summed E-state index contributed by atoms with van der Waals surface area (Å²) in [5, 5.41) is 6.40. The van der Waals surface area contributed by atoms with Gasteiger partial charge in [-0.25, -0.2) is 9.97 Å². The molecule has 218 valence electrons. The van der Waals surface area contributed by atoms with Gasteiger partial charge in [0.25, 0.3) is 0 Å². The van der Waals surface area contributed by atoms with E-state index < -0.39 is 11.7 Å². The van der Waals surface area contributed by atoms with Gasteiger partial charge >= 0.3 is 6.18 Å². The number of carbonyl (C=O) groups excluding carboxylic acids is 1. The zero-order chi connectivity index (χ0) is 30.0.